The van der Waals surface area contributed by atoms with Crippen molar-refractivity contribution in [2.45, 2.75) is 46.0 Å². The van der Waals surface area contributed by atoms with Crippen molar-refractivity contribution < 1.29 is 10.2 Å². The fourth-order valence-corrected chi connectivity index (χ4v) is 3.60. The highest BCUT2D eigenvalue weighted by atomic mass is 16.3. The summed E-state index contributed by atoms with van der Waals surface area (Å²) in [6.07, 6.45) is 3.16. The molecule has 0 aliphatic heterocycles. The summed E-state index contributed by atoms with van der Waals surface area (Å²) < 4.78 is 0. The smallest absolute Gasteiger partial charge is 0.0465 e. The molecule has 4 atom stereocenters. The number of benzene rings is 2. The third-order valence-electron chi connectivity index (χ3n) is 6.00. The van der Waals surface area contributed by atoms with Crippen LogP contribution in [0.4, 0.5) is 0 Å². The van der Waals surface area contributed by atoms with Gasteiger partial charge in [-0.1, -0.05) is 65.9 Å². The fraction of sp³-hybridized carbons (Fsp3) is 0.333. The Balaban J connectivity index is 0.000000206. The standard InChI is InChI=1S/C15H14O.C11H8.C10H12O/c1-2-3-4-5-12-6-8-13(9-7-12)15-10-14(15)11-16;1-2-3-5-8-11-9-6-4-7-10-11;1-2-3-4-5-6-9-7-10(9)8-11/h6-9,14-16H,10-11H2,1H3;4,6-7,9-10H,1H3;9-11H,6-8H2,1H3/t14-,15-;;9-,10+/m0.1/s1. The van der Waals surface area contributed by atoms with E-state index in [1.165, 1.54) is 5.56 Å². The van der Waals surface area contributed by atoms with Crippen LogP contribution in [0.15, 0.2) is 54.6 Å². The van der Waals surface area contributed by atoms with Crippen molar-refractivity contribution in [3.05, 3.63) is 71.3 Å². The van der Waals surface area contributed by atoms with E-state index in [2.05, 4.69) is 83.2 Å². The maximum Gasteiger partial charge on any atom is 0.0465 e. The molecule has 2 aliphatic carbocycles. The number of aliphatic hydroxyl groups excluding tert-OH is 2. The van der Waals surface area contributed by atoms with Gasteiger partial charge in [0.1, 0.15) is 0 Å². The summed E-state index contributed by atoms with van der Waals surface area (Å²) in [4.78, 5) is 0. The van der Waals surface area contributed by atoms with Crippen LogP contribution in [0.2, 0.25) is 0 Å². The number of rotatable bonds is 4. The average molecular weight is 499 g/mol. The molecule has 0 bridgehead atoms. The lowest BCUT2D eigenvalue weighted by atomic mass is 10.1. The van der Waals surface area contributed by atoms with E-state index in [0.717, 1.165) is 30.4 Å². The van der Waals surface area contributed by atoms with Crippen LogP contribution >= 0.6 is 0 Å². The lowest BCUT2D eigenvalue weighted by molar-refractivity contribution is 0.269. The van der Waals surface area contributed by atoms with Crippen molar-refractivity contribution in [2.24, 2.45) is 17.8 Å². The minimum absolute atomic E-state index is 0.304. The van der Waals surface area contributed by atoms with Gasteiger partial charge in [-0.05, 0) is 123 Å². The fourth-order valence-electron chi connectivity index (χ4n) is 3.60. The van der Waals surface area contributed by atoms with Gasteiger partial charge >= 0.3 is 0 Å². The highest BCUT2D eigenvalue weighted by Crippen LogP contribution is 2.46. The summed E-state index contributed by atoms with van der Waals surface area (Å²) in [7, 11) is 0. The Kier molecular flexibility index (Phi) is 14.2. The molecule has 0 unspecified atom stereocenters. The van der Waals surface area contributed by atoms with Gasteiger partial charge < -0.3 is 10.2 Å². The molecule has 2 aromatic rings. The van der Waals surface area contributed by atoms with E-state index in [0.29, 0.717) is 36.9 Å². The highest BCUT2D eigenvalue weighted by molar-refractivity contribution is 5.42. The largest absolute Gasteiger partial charge is 0.396 e. The summed E-state index contributed by atoms with van der Waals surface area (Å²) in [6, 6.07) is 18.1. The van der Waals surface area contributed by atoms with E-state index in [1.54, 1.807) is 20.8 Å². The molecule has 2 fully saturated rings. The second-order valence-electron chi connectivity index (χ2n) is 8.84. The molecule has 2 aliphatic rings. The molecule has 2 heteroatoms. The topological polar surface area (TPSA) is 40.5 Å². The number of hydrogen-bond donors (Lipinski definition) is 2. The van der Waals surface area contributed by atoms with Crippen molar-refractivity contribution in [3.8, 4) is 71.0 Å². The first-order valence-electron chi connectivity index (χ1n) is 12.8. The van der Waals surface area contributed by atoms with Crippen LogP contribution in [-0.2, 0) is 0 Å². The number of aliphatic hydroxyl groups is 2. The molecule has 0 saturated heterocycles. The predicted octanol–water partition coefficient (Wildman–Crippen LogP) is 5.25. The monoisotopic (exact) mass is 498 g/mol. The van der Waals surface area contributed by atoms with E-state index >= 15 is 0 Å². The minimum atomic E-state index is 0.304. The number of hydrogen-bond acceptors (Lipinski definition) is 2. The second-order valence-corrected chi connectivity index (χ2v) is 8.84. The Hall–Kier alpha value is -4.28. The van der Waals surface area contributed by atoms with Gasteiger partial charge in [-0.3, -0.25) is 0 Å². The molecular formula is C36H34O2. The van der Waals surface area contributed by atoms with Crippen molar-refractivity contribution in [1.29, 1.82) is 0 Å². The van der Waals surface area contributed by atoms with Crippen molar-refractivity contribution in [3.63, 3.8) is 0 Å². The van der Waals surface area contributed by atoms with Gasteiger partial charge in [-0.25, -0.2) is 0 Å². The summed E-state index contributed by atoms with van der Waals surface area (Å²) in [5.41, 5.74) is 3.31. The molecule has 2 nitrogen and oxygen atoms in total. The van der Waals surface area contributed by atoms with Crippen molar-refractivity contribution in [1.82, 2.24) is 0 Å². The maximum atomic E-state index is 9.00. The quantitative estimate of drug-likeness (QED) is 0.566. The van der Waals surface area contributed by atoms with Crippen LogP contribution in [0.25, 0.3) is 0 Å². The van der Waals surface area contributed by atoms with E-state index in [4.69, 9.17) is 10.2 Å². The lowest BCUT2D eigenvalue weighted by Gasteiger charge is -1.98. The Morgan fingerprint density at radius 2 is 1.16 bits per heavy atom. The molecule has 0 aromatic heterocycles. The van der Waals surface area contributed by atoms with Crippen molar-refractivity contribution in [2.75, 3.05) is 13.2 Å². The van der Waals surface area contributed by atoms with E-state index in [9.17, 15) is 0 Å². The zero-order valence-electron chi connectivity index (χ0n) is 22.4. The average Bonchev–Trinajstić information content (AvgIpc) is 3.89. The first kappa shape index (κ1) is 29.9. The van der Waals surface area contributed by atoms with Gasteiger partial charge in [0.05, 0.1) is 0 Å². The summed E-state index contributed by atoms with van der Waals surface area (Å²) >= 11 is 0. The molecule has 4 rings (SSSR count). The van der Waals surface area contributed by atoms with Crippen molar-refractivity contribution >= 4 is 0 Å². The third kappa shape index (κ3) is 12.1. The van der Waals surface area contributed by atoms with Gasteiger partial charge in [0.2, 0.25) is 0 Å². The zero-order valence-corrected chi connectivity index (χ0v) is 22.4. The molecule has 0 amide bonds. The molecule has 0 spiro atoms. The molecule has 2 N–H and O–H groups in total. The Morgan fingerprint density at radius 1 is 0.605 bits per heavy atom. The van der Waals surface area contributed by atoms with E-state index in [-0.39, 0.29) is 0 Å². The molecule has 2 saturated carbocycles. The maximum absolute atomic E-state index is 9.00. The summed E-state index contributed by atoms with van der Waals surface area (Å²) in [5.74, 6) is 35.6. The molecule has 0 heterocycles. The molecular weight excluding hydrogens is 464 g/mol. The summed E-state index contributed by atoms with van der Waals surface area (Å²) in [5, 5.41) is 17.7. The molecule has 190 valence electrons. The van der Waals surface area contributed by atoms with Crippen LogP contribution in [0.1, 0.15) is 62.6 Å². The lowest BCUT2D eigenvalue weighted by Crippen LogP contribution is -1.88. The van der Waals surface area contributed by atoms with Gasteiger partial charge in [-0.15, -0.1) is 0 Å². The first-order chi connectivity index (χ1) is 18.7. The molecule has 2 aromatic carbocycles. The molecule has 0 radical (unpaired) electrons. The van der Waals surface area contributed by atoms with E-state index in [1.807, 2.05) is 42.5 Å². The van der Waals surface area contributed by atoms with Gasteiger partial charge in [0, 0.05) is 30.8 Å². The minimum Gasteiger partial charge on any atom is -0.396 e. The Bertz CT molecular complexity index is 1380. The summed E-state index contributed by atoms with van der Waals surface area (Å²) in [6.45, 7) is 5.96. The van der Waals surface area contributed by atoms with Crippen LogP contribution in [-0.4, -0.2) is 23.4 Å². The van der Waals surface area contributed by atoms with Crippen LogP contribution < -0.4 is 0 Å². The second kappa shape index (κ2) is 18.0. The zero-order chi connectivity index (χ0) is 27.4. The van der Waals surface area contributed by atoms with E-state index < -0.39 is 0 Å². The molecule has 38 heavy (non-hydrogen) atoms. The highest BCUT2D eigenvalue weighted by Gasteiger charge is 2.37. The van der Waals surface area contributed by atoms with Crippen LogP contribution in [0.5, 0.6) is 0 Å². The van der Waals surface area contributed by atoms with Gasteiger partial charge in [0.25, 0.3) is 0 Å². The first-order valence-corrected chi connectivity index (χ1v) is 12.8. The van der Waals surface area contributed by atoms with Crippen LogP contribution in [0, 0.1) is 88.8 Å². The SMILES string of the molecule is CC#CC#CC[C@@H]1C[C@H]1CO.CC#CC#Cc1ccc([C@@H]2C[C@H]2CO)cc1.CC#CC#Cc1ccccc1. The third-order valence-corrected chi connectivity index (χ3v) is 6.00. The van der Waals surface area contributed by atoms with Crippen LogP contribution in [0.3, 0.4) is 0 Å². The normalized spacial score (nSPS) is 18.6. The van der Waals surface area contributed by atoms with Gasteiger partial charge in [-0.2, -0.15) is 0 Å². The Morgan fingerprint density at radius 3 is 1.66 bits per heavy atom. The predicted molar refractivity (Wildman–Crippen MR) is 156 cm³/mol. The Labute approximate surface area is 229 Å². The van der Waals surface area contributed by atoms with Gasteiger partial charge in [0.15, 0.2) is 0 Å².